The summed E-state index contributed by atoms with van der Waals surface area (Å²) in [6, 6.07) is 19.2. The predicted octanol–water partition coefficient (Wildman–Crippen LogP) is 0.688. The Morgan fingerprint density at radius 3 is 1.77 bits per heavy atom. The quantitative estimate of drug-likeness (QED) is 0.0363. The summed E-state index contributed by atoms with van der Waals surface area (Å²) < 4.78 is 0. The van der Waals surface area contributed by atoms with Gasteiger partial charge in [-0.2, -0.15) is 0 Å². The van der Waals surface area contributed by atoms with E-state index in [1.54, 1.807) is 72.8 Å². The van der Waals surface area contributed by atoms with Gasteiger partial charge in [-0.05, 0) is 42.5 Å². The second-order valence-electron chi connectivity index (χ2n) is 11.1. The van der Waals surface area contributed by atoms with Crippen molar-refractivity contribution < 1.29 is 24.0 Å². The molecule has 13 heteroatoms. The minimum atomic E-state index is -1.07. The largest absolute Gasteiger partial charge is 0.399 e. The zero-order valence-corrected chi connectivity index (χ0v) is 26.3. The Hall–Kier alpha value is -5.72. The van der Waals surface area contributed by atoms with Crippen LogP contribution in [0.3, 0.4) is 0 Å². The SMILES string of the molecule is CC(=O)NC(Cc1ccc(C(=O)c2ccccc2)cc1)C(=O)NC(CCCCN=C(N)N)C(=O)NC(Cc1ccc(N)cc1)C(N)=O. The van der Waals surface area contributed by atoms with E-state index in [9.17, 15) is 24.0 Å². The van der Waals surface area contributed by atoms with Crippen LogP contribution < -0.4 is 38.9 Å². The third-order valence-electron chi connectivity index (χ3n) is 7.29. The molecule has 0 bridgehead atoms. The number of rotatable bonds is 17. The number of hydrogen-bond donors (Lipinski definition) is 7. The van der Waals surface area contributed by atoms with Gasteiger partial charge in [-0.15, -0.1) is 0 Å². The third kappa shape index (κ3) is 12.0. The number of nitrogens with zero attached hydrogens (tertiary/aromatic N) is 1. The number of nitrogens with one attached hydrogen (secondary N) is 3. The molecule has 0 saturated heterocycles. The molecule has 0 aliphatic carbocycles. The lowest BCUT2D eigenvalue weighted by molar-refractivity contribution is -0.133. The molecule has 0 aliphatic rings. The molecule has 4 amide bonds. The summed E-state index contributed by atoms with van der Waals surface area (Å²) in [4.78, 5) is 68.1. The molecule has 3 aromatic rings. The molecule has 3 aromatic carbocycles. The van der Waals surface area contributed by atoms with Crippen molar-refractivity contribution in [2.24, 2.45) is 22.2 Å². The van der Waals surface area contributed by atoms with Gasteiger partial charge in [0, 0.05) is 43.1 Å². The maximum Gasteiger partial charge on any atom is 0.243 e. The van der Waals surface area contributed by atoms with Crippen LogP contribution in [0.1, 0.15) is 53.2 Å². The van der Waals surface area contributed by atoms with Gasteiger partial charge in [-0.3, -0.25) is 29.0 Å². The number of hydrogen-bond acceptors (Lipinski definition) is 7. The molecular formula is C34H42N8O5. The summed E-state index contributed by atoms with van der Waals surface area (Å²) in [6.07, 6.45) is 1.37. The van der Waals surface area contributed by atoms with Gasteiger partial charge in [0.25, 0.3) is 0 Å². The van der Waals surface area contributed by atoms with Gasteiger partial charge in [-0.25, -0.2) is 0 Å². The Morgan fingerprint density at radius 1 is 0.660 bits per heavy atom. The highest BCUT2D eigenvalue weighted by molar-refractivity contribution is 6.09. The van der Waals surface area contributed by atoms with Crippen molar-refractivity contribution in [1.82, 2.24) is 16.0 Å². The molecule has 0 aliphatic heterocycles. The Morgan fingerprint density at radius 2 is 1.19 bits per heavy atom. The van der Waals surface area contributed by atoms with E-state index in [0.717, 1.165) is 5.56 Å². The first kappa shape index (κ1) is 35.8. The monoisotopic (exact) mass is 642 g/mol. The van der Waals surface area contributed by atoms with Crippen molar-refractivity contribution in [2.45, 2.75) is 57.2 Å². The normalized spacial score (nSPS) is 12.5. The van der Waals surface area contributed by atoms with Crippen molar-refractivity contribution in [1.29, 1.82) is 0 Å². The molecule has 11 N–H and O–H groups in total. The molecule has 3 unspecified atom stereocenters. The maximum atomic E-state index is 13.6. The van der Waals surface area contributed by atoms with Gasteiger partial charge in [0.1, 0.15) is 18.1 Å². The van der Waals surface area contributed by atoms with E-state index in [1.165, 1.54) is 6.92 Å². The smallest absolute Gasteiger partial charge is 0.243 e. The van der Waals surface area contributed by atoms with Crippen LogP contribution in [-0.2, 0) is 32.0 Å². The van der Waals surface area contributed by atoms with Crippen LogP contribution in [-0.4, -0.2) is 60.0 Å². The van der Waals surface area contributed by atoms with Gasteiger partial charge in [-0.1, -0.05) is 66.7 Å². The summed E-state index contributed by atoms with van der Waals surface area (Å²) in [7, 11) is 0. The van der Waals surface area contributed by atoms with Gasteiger partial charge >= 0.3 is 0 Å². The number of nitrogens with two attached hydrogens (primary N) is 4. The minimum absolute atomic E-state index is 0.0600. The predicted molar refractivity (Wildman–Crippen MR) is 180 cm³/mol. The van der Waals surface area contributed by atoms with Gasteiger partial charge in [0.15, 0.2) is 11.7 Å². The Kier molecular flexibility index (Phi) is 13.5. The first-order valence-corrected chi connectivity index (χ1v) is 15.2. The molecule has 47 heavy (non-hydrogen) atoms. The summed E-state index contributed by atoms with van der Waals surface area (Å²) in [5.41, 5.74) is 25.1. The molecular weight excluding hydrogens is 600 g/mol. The van der Waals surface area contributed by atoms with E-state index in [1.807, 2.05) is 6.07 Å². The summed E-state index contributed by atoms with van der Waals surface area (Å²) >= 11 is 0. The Balaban J connectivity index is 1.75. The fourth-order valence-electron chi connectivity index (χ4n) is 4.83. The first-order valence-electron chi connectivity index (χ1n) is 15.2. The number of carbonyl (C=O) groups excluding carboxylic acids is 5. The van der Waals surface area contributed by atoms with E-state index >= 15 is 0 Å². The van der Waals surface area contributed by atoms with Crippen molar-refractivity contribution in [3.05, 3.63) is 101 Å². The fraction of sp³-hybridized carbons (Fsp3) is 0.294. The second-order valence-corrected chi connectivity index (χ2v) is 11.1. The zero-order valence-electron chi connectivity index (χ0n) is 26.3. The standard InChI is InChI=1S/C34H42N8O5/c1-21(43)40-29(20-22-10-14-25(15-11-22)30(44)24-7-3-2-4-8-24)33(47)41-27(9-5-6-18-39-34(37)38)32(46)42-28(31(36)45)19-23-12-16-26(35)17-13-23/h2-4,7-8,10-17,27-29H,5-6,9,18-20,35H2,1H3,(H2,36,45)(H,40,43)(H,41,47)(H,42,46)(H4,37,38,39). The van der Waals surface area contributed by atoms with Gasteiger partial charge < -0.3 is 38.9 Å². The number of anilines is 1. The molecule has 0 heterocycles. The highest BCUT2D eigenvalue weighted by Gasteiger charge is 2.29. The van der Waals surface area contributed by atoms with Crippen molar-refractivity contribution in [3.63, 3.8) is 0 Å². The molecule has 13 nitrogen and oxygen atoms in total. The van der Waals surface area contributed by atoms with Gasteiger partial charge in [0.05, 0.1) is 0 Å². The van der Waals surface area contributed by atoms with E-state index in [2.05, 4.69) is 20.9 Å². The molecule has 0 spiro atoms. The summed E-state index contributed by atoms with van der Waals surface area (Å²) in [5.74, 6) is -2.63. The molecule has 0 fully saturated rings. The van der Waals surface area contributed by atoms with Crippen molar-refractivity contribution >= 4 is 41.1 Å². The van der Waals surface area contributed by atoms with Crippen LogP contribution in [0.15, 0.2) is 83.9 Å². The third-order valence-corrected chi connectivity index (χ3v) is 7.29. The molecule has 0 aromatic heterocycles. The van der Waals surface area contributed by atoms with Crippen molar-refractivity contribution in [2.75, 3.05) is 12.3 Å². The van der Waals surface area contributed by atoms with Crippen LogP contribution in [0, 0.1) is 0 Å². The number of nitrogen functional groups attached to an aromatic ring is 1. The lowest BCUT2D eigenvalue weighted by atomic mass is 9.99. The Bertz CT molecular complexity index is 1560. The van der Waals surface area contributed by atoms with E-state index in [0.29, 0.717) is 41.8 Å². The number of ketones is 1. The van der Waals surface area contributed by atoms with E-state index < -0.39 is 41.8 Å². The van der Waals surface area contributed by atoms with Crippen LogP contribution in [0.25, 0.3) is 0 Å². The van der Waals surface area contributed by atoms with Crippen LogP contribution >= 0.6 is 0 Å². The number of unbranched alkanes of at least 4 members (excludes halogenated alkanes) is 1. The summed E-state index contributed by atoms with van der Waals surface area (Å²) in [5, 5.41) is 8.03. The highest BCUT2D eigenvalue weighted by Crippen LogP contribution is 2.14. The number of primary amides is 1. The number of benzene rings is 3. The average molecular weight is 643 g/mol. The fourth-order valence-corrected chi connectivity index (χ4v) is 4.83. The molecule has 0 radical (unpaired) electrons. The summed E-state index contributed by atoms with van der Waals surface area (Å²) in [6.45, 7) is 1.60. The number of aliphatic imine (C=N–C) groups is 1. The van der Waals surface area contributed by atoms with E-state index in [-0.39, 0.29) is 31.0 Å². The van der Waals surface area contributed by atoms with Gasteiger partial charge in [0.2, 0.25) is 23.6 Å². The minimum Gasteiger partial charge on any atom is -0.399 e. The number of carbonyl (C=O) groups is 5. The molecule has 248 valence electrons. The molecule has 0 saturated carbocycles. The number of guanidine groups is 1. The lowest BCUT2D eigenvalue weighted by Crippen LogP contribution is -2.57. The van der Waals surface area contributed by atoms with Crippen LogP contribution in [0.5, 0.6) is 0 Å². The lowest BCUT2D eigenvalue weighted by Gasteiger charge is -2.25. The van der Waals surface area contributed by atoms with Crippen LogP contribution in [0.2, 0.25) is 0 Å². The zero-order chi connectivity index (χ0) is 34.3. The maximum absolute atomic E-state index is 13.6. The van der Waals surface area contributed by atoms with E-state index in [4.69, 9.17) is 22.9 Å². The average Bonchev–Trinajstić information content (AvgIpc) is 3.04. The highest BCUT2D eigenvalue weighted by atomic mass is 16.2. The van der Waals surface area contributed by atoms with Crippen molar-refractivity contribution in [3.8, 4) is 0 Å². The van der Waals surface area contributed by atoms with Crippen LogP contribution in [0.4, 0.5) is 5.69 Å². The first-order chi connectivity index (χ1) is 22.4. The molecule has 3 rings (SSSR count). The number of amides is 4. The molecule has 3 atom stereocenters. The topological polar surface area (TPSA) is 238 Å². The second kappa shape index (κ2) is 17.7. The Labute approximate surface area is 273 Å².